The predicted molar refractivity (Wildman–Crippen MR) is 84.8 cm³/mol. The molecule has 2 heterocycles. The molecule has 2 unspecified atom stereocenters. The van der Waals surface area contributed by atoms with Crippen LogP contribution in [0.2, 0.25) is 0 Å². The van der Waals surface area contributed by atoms with Gasteiger partial charge in [0.1, 0.15) is 12.2 Å². The van der Waals surface area contributed by atoms with Gasteiger partial charge in [-0.15, -0.1) is 0 Å². The van der Waals surface area contributed by atoms with E-state index in [2.05, 4.69) is 28.2 Å². The van der Waals surface area contributed by atoms with Gasteiger partial charge in [-0.25, -0.2) is 0 Å². The summed E-state index contributed by atoms with van der Waals surface area (Å²) in [5, 5.41) is 3.46. The molecule has 5 nitrogen and oxygen atoms in total. The van der Waals surface area contributed by atoms with Crippen molar-refractivity contribution in [2.45, 2.75) is 39.0 Å². The zero-order chi connectivity index (χ0) is 15.2. The van der Waals surface area contributed by atoms with Gasteiger partial charge in [-0.1, -0.05) is 6.92 Å². The number of aromatic nitrogens is 1. The van der Waals surface area contributed by atoms with Gasteiger partial charge in [0, 0.05) is 57.0 Å². The number of ether oxygens (including phenoxy) is 2. The summed E-state index contributed by atoms with van der Waals surface area (Å²) in [5.74, 6) is 0. The standard InChI is InChI=1S/C16H27N3O2/c1-5-6-17-8-13-9-18-12(2)7-14(13)19-10-15(20-3)16(11-19)21-4/h7,9,15-17H,5-6,8,10-11H2,1-4H3. The van der Waals surface area contributed by atoms with Crippen LogP contribution in [0.1, 0.15) is 24.6 Å². The minimum absolute atomic E-state index is 0.125. The third-order valence-electron chi connectivity index (χ3n) is 4.00. The molecule has 0 radical (unpaired) electrons. The number of hydrogen-bond donors (Lipinski definition) is 1. The van der Waals surface area contributed by atoms with E-state index >= 15 is 0 Å². The first-order valence-corrected chi connectivity index (χ1v) is 7.66. The highest BCUT2D eigenvalue weighted by Gasteiger charge is 2.33. The van der Waals surface area contributed by atoms with Crippen LogP contribution in [0, 0.1) is 6.92 Å². The molecule has 21 heavy (non-hydrogen) atoms. The van der Waals surface area contributed by atoms with Gasteiger partial charge in [0.05, 0.1) is 0 Å². The van der Waals surface area contributed by atoms with Gasteiger partial charge in [0.15, 0.2) is 0 Å². The van der Waals surface area contributed by atoms with Crippen LogP contribution in [0.5, 0.6) is 0 Å². The van der Waals surface area contributed by atoms with Crippen LogP contribution in [-0.4, -0.2) is 51.0 Å². The number of nitrogens with zero attached hydrogens (tertiary/aromatic N) is 2. The van der Waals surface area contributed by atoms with E-state index in [1.54, 1.807) is 14.2 Å². The second-order valence-corrected chi connectivity index (χ2v) is 5.58. The fourth-order valence-corrected chi connectivity index (χ4v) is 2.80. The van der Waals surface area contributed by atoms with Gasteiger partial charge >= 0.3 is 0 Å². The number of methoxy groups -OCH3 is 2. The van der Waals surface area contributed by atoms with Crippen LogP contribution < -0.4 is 10.2 Å². The Balaban J connectivity index is 2.16. The summed E-state index contributed by atoms with van der Waals surface area (Å²) in [7, 11) is 3.50. The lowest BCUT2D eigenvalue weighted by Crippen LogP contribution is -2.27. The first-order chi connectivity index (χ1) is 10.2. The summed E-state index contributed by atoms with van der Waals surface area (Å²) < 4.78 is 11.1. The van der Waals surface area contributed by atoms with Crippen LogP contribution in [0.25, 0.3) is 0 Å². The molecule has 1 aliphatic heterocycles. The van der Waals surface area contributed by atoms with Crippen molar-refractivity contribution < 1.29 is 9.47 Å². The number of nitrogens with one attached hydrogen (secondary N) is 1. The maximum atomic E-state index is 5.54. The van der Waals surface area contributed by atoms with Gasteiger partial charge in [-0.3, -0.25) is 4.98 Å². The molecule has 118 valence electrons. The Labute approximate surface area is 127 Å². The van der Waals surface area contributed by atoms with Crippen molar-refractivity contribution in [3.05, 3.63) is 23.5 Å². The Kier molecular flexibility index (Phi) is 5.96. The highest BCUT2D eigenvalue weighted by Crippen LogP contribution is 2.27. The maximum absolute atomic E-state index is 5.54. The van der Waals surface area contributed by atoms with Gasteiger partial charge < -0.3 is 19.7 Å². The van der Waals surface area contributed by atoms with Crippen LogP contribution in [0.15, 0.2) is 12.3 Å². The maximum Gasteiger partial charge on any atom is 0.102 e. The monoisotopic (exact) mass is 293 g/mol. The molecule has 1 saturated heterocycles. The topological polar surface area (TPSA) is 46.6 Å². The Morgan fingerprint density at radius 1 is 1.29 bits per heavy atom. The number of anilines is 1. The zero-order valence-electron chi connectivity index (χ0n) is 13.6. The van der Waals surface area contributed by atoms with Crippen molar-refractivity contribution in [3.8, 4) is 0 Å². The van der Waals surface area contributed by atoms with E-state index in [0.29, 0.717) is 0 Å². The molecular formula is C16H27N3O2. The molecule has 2 atom stereocenters. The second kappa shape index (κ2) is 7.73. The van der Waals surface area contributed by atoms with Crippen LogP contribution in [-0.2, 0) is 16.0 Å². The van der Waals surface area contributed by atoms with Crippen molar-refractivity contribution in [3.63, 3.8) is 0 Å². The molecule has 0 aromatic carbocycles. The van der Waals surface area contributed by atoms with Gasteiger partial charge in [0.2, 0.25) is 0 Å². The summed E-state index contributed by atoms with van der Waals surface area (Å²) in [6, 6.07) is 2.16. The number of hydrogen-bond acceptors (Lipinski definition) is 5. The molecule has 0 bridgehead atoms. The van der Waals surface area contributed by atoms with Gasteiger partial charge in [-0.05, 0) is 26.0 Å². The lowest BCUT2D eigenvalue weighted by atomic mass is 10.2. The smallest absolute Gasteiger partial charge is 0.102 e. The Morgan fingerprint density at radius 3 is 2.52 bits per heavy atom. The van der Waals surface area contributed by atoms with Gasteiger partial charge in [-0.2, -0.15) is 0 Å². The number of pyridine rings is 1. The third-order valence-corrected chi connectivity index (χ3v) is 4.00. The second-order valence-electron chi connectivity index (χ2n) is 5.58. The normalized spacial score (nSPS) is 22.0. The van der Waals surface area contributed by atoms with E-state index in [1.807, 2.05) is 13.1 Å². The molecule has 5 heteroatoms. The van der Waals surface area contributed by atoms with E-state index in [1.165, 1.54) is 11.3 Å². The Bertz CT molecular complexity index is 441. The number of aryl methyl sites for hydroxylation is 1. The average Bonchev–Trinajstić information content (AvgIpc) is 2.92. The minimum atomic E-state index is 0.125. The van der Waals surface area contributed by atoms with Crippen molar-refractivity contribution in [1.29, 1.82) is 0 Å². The third kappa shape index (κ3) is 3.93. The Morgan fingerprint density at radius 2 is 1.95 bits per heavy atom. The highest BCUT2D eigenvalue weighted by molar-refractivity contribution is 5.55. The molecule has 1 aromatic rings. The zero-order valence-corrected chi connectivity index (χ0v) is 13.6. The molecular weight excluding hydrogens is 266 g/mol. The van der Waals surface area contributed by atoms with E-state index in [4.69, 9.17) is 9.47 Å². The van der Waals surface area contributed by atoms with E-state index < -0.39 is 0 Å². The van der Waals surface area contributed by atoms with E-state index in [9.17, 15) is 0 Å². The molecule has 0 aliphatic carbocycles. The Hall–Kier alpha value is -1.17. The van der Waals surface area contributed by atoms with Crippen molar-refractivity contribution in [2.75, 3.05) is 38.8 Å². The summed E-state index contributed by atoms with van der Waals surface area (Å²) in [6.45, 7) is 7.80. The van der Waals surface area contributed by atoms with Crippen molar-refractivity contribution in [2.24, 2.45) is 0 Å². The fraction of sp³-hybridized carbons (Fsp3) is 0.688. The molecule has 1 aromatic heterocycles. The summed E-state index contributed by atoms with van der Waals surface area (Å²) in [4.78, 5) is 6.79. The lowest BCUT2D eigenvalue weighted by Gasteiger charge is -2.22. The molecule has 0 spiro atoms. The average molecular weight is 293 g/mol. The van der Waals surface area contributed by atoms with Gasteiger partial charge in [0.25, 0.3) is 0 Å². The summed E-state index contributed by atoms with van der Waals surface area (Å²) in [5.41, 5.74) is 3.52. The molecule has 2 rings (SSSR count). The number of rotatable bonds is 7. The predicted octanol–water partition coefficient (Wildman–Crippen LogP) is 1.74. The van der Waals surface area contributed by atoms with Crippen LogP contribution in [0.3, 0.4) is 0 Å². The van der Waals surface area contributed by atoms with E-state index in [-0.39, 0.29) is 12.2 Å². The highest BCUT2D eigenvalue weighted by atomic mass is 16.5. The first kappa shape index (κ1) is 16.2. The van der Waals surface area contributed by atoms with Crippen molar-refractivity contribution in [1.82, 2.24) is 10.3 Å². The fourth-order valence-electron chi connectivity index (χ4n) is 2.80. The minimum Gasteiger partial charge on any atom is -0.377 e. The largest absolute Gasteiger partial charge is 0.377 e. The van der Waals surface area contributed by atoms with Crippen LogP contribution in [0.4, 0.5) is 5.69 Å². The molecule has 0 saturated carbocycles. The molecule has 1 fully saturated rings. The first-order valence-electron chi connectivity index (χ1n) is 7.66. The molecule has 1 aliphatic rings. The van der Waals surface area contributed by atoms with Crippen molar-refractivity contribution >= 4 is 5.69 Å². The quantitative estimate of drug-likeness (QED) is 0.776. The SMILES string of the molecule is CCCNCc1cnc(C)cc1N1CC(OC)C(OC)C1. The summed E-state index contributed by atoms with van der Waals surface area (Å²) >= 11 is 0. The molecule has 0 amide bonds. The van der Waals surface area contributed by atoms with E-state index in [0.717, 1.165) is 38.3 Å². The molecule has 1 N–H and O–H groups in total. The summed E-state index contributed by atoms with van der Waals surface area (Å²) in [6.07, 6.45) is 3.37. The lowest BCUT2D eigenvalue weighted by molar-refractivity contribution is -0.00461. The van der Waals surface area contributed by atoms with Crippen LogP contribution >= 0.6 is 0 Å².